The number of rotatable bonds is 3. The van der Waals surface area contributed by atoms with E-state index in [1.807, 2.05) is 0 Å². The molecule has 0 aromatic heterocycles. The van der Waals surface area contributed by atoms with Crippen LogP contribution in [0, 0.1) is 20.2 Å². The van der Waals surface area contributed by atoms with E-state index in [4.69, 9.17) is 0 Å². The number of hydrogen-bond donors (Lipinski definition) is 0. The van der Waals surface area contributed by atoms with Gasteiger partial charge in [0.15, 0.2) is 0 Å². The largest absolute Gasteiger partial charge is 1.00 e. The molecule has 0 amide bonds. The van der Waals surface area contributed by atoms with Crippen molar-refractivity contribution in [2.75, 3.05) is 0 Å². The fraction of sp³-hybridized carbons (Fsp3) is 0.143. The monoisotopic (exact) mass is 217 g/mol. The highest BCUT2D eigenvalue weighted by Gasteiger charge is 2.06. The molecule has 76 valence electrons. The average molecular weight is 218 g/mol. The van der Waals surface area contributed by atoms with E-state index in [1.165, 1.54) is 24.3 Å². The van der Waals surface area contributed by atoms with Crippen molar-refractivity contribution in [3.05, 3.63) is 50.1 Å². The van der Waals surface area contributed by atoms with Gasteiger partial charge < -0.3 is 12.4 Å². The maximum absolute atomic E-state index is 10.2. The standard InChI is InChI=1S/C7H6N2O4.ClH/c10-8(11)5-6-1-3-7(4-2-6)9(12)13;/h1-4H,5H2;1H/p-1. The molecule has 0 aliphatic heterocycles. The molecule has 1 rings (SSSR count). The highest BCUT2D eigenvalue weighted by Crippen LogP contribution is 2.11. The second-order valence-corrected chi connectivity index (χ2v) is 2.41. The molecule has 6 nitrogen and oxygen atoms in total. The molecule has 1 aromatic rings. The summed E-state index contributed by atoms with van der Waals surface area (Å²) in [5.74, 6) is 0. The van der Waals surface area contributed by atoms with E-state index < -0.39 is 9.85 Å². The molecule has 0 unspecified atom stereocenters. The van der Waals surface area contributed by atoms with Crippen LogP contribution in [0.15, 0.2) is 24.3 Å². The zero-order chi connectivity index (χ0) is 9.84. The summed E-state index contributed by atoms with van der Waals surface area (Å²) < 4.78 is 0. The average Bonchev–Trinajstić information content (AvgIpc) is 2.04. The first-order chi connectivity index (χ1) is 6.09. The van der Waals surface area contributed by atoms with Gasteiger partial charge >= 0.3 is 0 Å². The number of non-ortho nitro benzene ring substituents is 1. The Morgan fingerprint density at radius 3 is 1.93 bits per heavy atom. The van der Waals surface area contributed by atoms with Gasteiger partial charge in [-0.25, -0.2) is 0 Å². The molecule has 7 heteroatoms. The van der Waals surface area contributed by atoms with Gasteiger partial charge in [-0.3, -0.25) is 20.2 Å². The van der Waals surface area contributed by atoms with Crippen LogP contribution in [0.3, 0.4) is 0 Å². The van der Waals surface area contributed by atoms with Gasteiger partial charge in [0, 0.05) is 22.6 Å². The Bertz CT molecular complexity index is 338. The van der Waals surface area contributed by atoms with Crippen molar-refractivity contribution in [2.24, 2.45) is 0 Å². The molecule has 0 saturated carbocycles. The molecule has 0 aliphatic carbocycles. The SMILES string of the molecule is O=[N+]([O-])Cc1ccc([N+](=O)[O-])cc1.[Cl-]. The zero-order valence-electron chi connectivity index (χ0n) is 6.92. The van der Waals surface area contributed by atoms with E-state index in [2.05, 4.69) is 0 Å². The van der Waals surface area contributed by atoms with Crippen LogP contribution in [-0.4, -0.2) is 9.85 Å². The molecule has 0 fully saturated rings. The Hall–Kier alpha value is -1.69. The first-order valence-electron chi connectivity index (χ1n) is 3.45. The Labute approximate surface area is 85.3 Å². The smallest absolute Gasteiger partial charge is 0.269 e. The molecule has 0 radical (unpaired) electrons. The molecule has 0 N–H and O–H groups in total. The van der Waals surface area contributed by atoms with E-state index >= 15 is 0 Å². The fourth-order valence-electron chi connectivity index (χ4n) is 0.872. The summed E-state index contributed by atoms with van der Waals surface area (Å²) in [7, 11) is 0. The van der Waals surface area contributed by atoms with Gasteiger partial charge in [0.1, 0.15) is 0 Å². The molecular weight excluding hydrogens is 212 g/mol. The third kappa shape index (κ3) is 3.36. The quantitative estimate of drug-likeness (QED) is 0.450. The van der Waals surface area contributed by atoms with Crippen LogP contribution in [0.1, 0.15) is 5.56 Å². The van der Waals surface area contributed by atoms with Crippen molar-refractivity contribution < 1.29 is 22.3 Å². The van der Waals surface area contributed by atoms with Gasteiger partial charge in [0.05, 0.1) is 4.92 Å². The van der Waals surface area contributed by atoms with Gasteiger partial charge in [-0.15, -0.1) is 0 Å². The number of nitro benzene ring substituents is 1. The second kappa shape index (κ2) is 5.13. The molecular formula is C7H6ClN2O4-. The van der Waals surface area contributed by atoms with Crippen LogP contribution in [0.25, 0.3) is 0 Å². The summed E-state index contributed by atoms with van der Waals surface area (Å²) in [4.78, 5) is 19.2. The normalized spacial score (nSPS) is 8.86. The van der Waals surface area contributed by atoms with Crippen LogP contribution in [0.4, 0.5) is 5.69 Å². The van der Waals surface area contributed by atoms with Gasteiger partial charge in [-0.1, -0.05) is 0 Å². The van der Waals surface area contributed by atoms with Gasteiger partial charge in [-0.05, 0) is 12.1 Å². The van der Waals surface area contributed by atoms with Gasteiger partial charge in [0.25, 0.3) is 5.69 Å². The number of nitrogens with zero attached hydrogens (tertiary/aromatic N) is 2. The molecule has 0 bridgehead atoms. The fourth-order valence-corrected chi connectivity index (χ4v) is 0.872. The summed E-state index contributed by atoms with van der Waals surface area (Å²) >= 11 is 0. The second-order valence-electron chi connectivity index (χ2n) is 2.41. The molecule has 1 aromatic carbocycles. The summed E-state index contributed by atoms with van der Waals surface area (Å²) in [5, 5.41) is 20.3. The lowest BCUT2D eigenvalue weighted by Gasteiger charge is -1.93. The Kier molecular flexibility index (Phi) is 4.51. The molecule has 14 heavy (non-hydrogen) atoms. The zero-order valence-corrected chi connectivity index (χ0v) is 7.68. The first kappa shape index (κ1) is 12.3. The van der Waals surface area contributed by atoms with Crippen molar-refractivity contribution in [3.8, 4) is 0 Å². The van der Waals surface area contributed by atoms with Crippen LogP contribution < -0.4 is 12.4 Å². The summed E-state index contributed by atoms with van der Waals surface area (Å²) in [6.45, 7) is -0.308. The van der Waals surface area contributed by atoms with Crippen LogP contribution in [0.5, 0.6) is 0 Å². The first-order valence-corrected chi connectivity index (χ1v) is 3.45. The summed E-state index contributed by atoms with van der Waals surface area (Å²) in [5.41, 5.74) is 0.391. The molecule has 0 atom stereocenters. The van der Waals surface area contributed by atoms with Crippen molar-refractivity contribution in [1.82, 2.24) is 0 Å². The van der Waals surface area contributed by atoms with Crippen LogP contribution in [-0.2, 0) is 6.54 Å². The molecule has 0 spiro atoms. The van der Waals surface area contributed by atoms with E-state index in [9.17, 15) is 20.2 Å². The van der Waals surface area contributed by atoms with E-state index in [0.29, 0.717) is 5.56 Å². The Morgan fingerprint density at radius 1 is 1.07 bits per heavy atom. The van der Waals surface area contributed by atoms with Gasteiger partial charge in [0.2, 0.25) is 6.54 Å². The number of hydrogen-bond acceptors (Lipinski definition) is 4. The number of nitro groups is 2. The maximum Gasteiger partial charge on any atom is 0.269 e. The minimum atomic E-state index is -0.546. The third-order valence-electron chi connectivity index (χ3n) is 1.46. The third-order valence-corrected chi connectivity index (χ3v) is 1.46. The van der Waals surface area contributed by atoms with Crippen LogP contribution >= 0.6 is 0 Å². The number of halogens is 1. The Morgan fingerprint density at radius 2 is 1.57 bits per heavy atom. The topological polar surface area (TPSA) is 86.3 Å². The van der Waals surface area contributed by atoms with E-state index in [0.717, 1.165) is 0 Å². The van der Waals surface area contributed by atoms with Crippen molar-refractivity contribution in [1.29, 1.82) is 0 Å². The van der Waals surface area contributed by atoms with Crippen molar-refractivity contribution in [2.45, 2.75) is 6.54 Å². The lowest BCUT2D eigenvalue weighted by atomic mass is 10.2. The minimum Gasteiger partial charge on any atom is -1.00 e. The molecule has 0 heterocycles. The lowest BCUT2D eigenvalue weighted by molar-refractivity contribution is -0.496. The predicted molar refractivity (Wildman–Crippen MR) is 43.8 cm³/mol. The predicted octanol–water partition coefficient (Wildman–Crippen LogP) is -1.62. The Balaban J connectivity index is 0.00000169. The van der Waals surface area contributed by atoms with Crippen molar-refractivity contribution >= 4 is 5.69 Å². The number of benzene rings is 1. The van der Waals surface area contributed by atoms with Gasteiger partial charge in [-0.2, -0.15) is 0 Å². The summed E-state index contributed by atoms with van der Waals surface area (Å²) in [6, 6.07) is 5.25. The highest BCUT2D eigenvalue weighted by atomic mass is 35.5. The molecule has 0 aliphatic rings. The minimum absolute atomic E-state index is 0. The lowest BCUT2D eigenvalue weighted by Crippen LogP contribution is -3.00. The highest BCUT2D eigenvalue weighted by molar-refractivity contribution is 5.32. The van der Waals surface area contributed by atoms with Crippen LogP contribution in [0.2, 0.25) is 0 Å². The molecule has 0 saturated heterocycles. The van der Waals surface area contributed by atoms with E-state index in [-0.39, 0.29) is 24.6 Å². The van der Waals surface area contributed by atoms with E-state index in [1.54, 1.807) is 0 Å². The maximum atomic E-state index is 10.2. The van der Waals surface area contributed by atoms with Crippen molar-refractivity contribution in [3.63, 3.8) is 0 Å². The summed E-state index contributed by atoms with van der Waals surface area (Å²) in [6.07, 6.45) is 0.